The molecular weight excluding hydrogens is 338 g/mol. The van der Waals surface area contributed by atoms with Gasteiger partial charge in [-0.15, -0.1) is 0 Å². The van der Waals surface area contributed by atoms with Crippen molar-refractivity contribution >= 4 is 11.6 Å². The molecule has 0 unspecified atom stereocenters. The molecule has 1 N–H and O–H groups in total. The number of ether oxygens (including phenoxy) is 1. The number of aryl methyl sites for hydroxylation is 1. The van der Waals surface area contributed by atoms with Crippen LogP contribution in [0.1, 0.15) is 50.6 Å². The summed E-state index contributed by atoms with van der Waals surface area (Å²) in [7, 11) is 0. The van der Waals surface area contributed by atoms with E-state index in [4.69, 9.17) is 4.74 Å². The third-order valence-electron chi connectivity index (χ3n) is 7.51. The summed E-state index contributed by atoms with van der Waals surface area (Å²) in [4.78, 5) is 19.2. The highest BCUT2D eigenvalue weighted by atomic mass is 16.5. The van der Waals surface area contributed by atoms with Crippen LogP contribution in [0.25, 0.3) is 0 Å². The first kappa shape index (κ1) is 17.5. The van der Waals surface area contributed by atoms with Crippen LogP contribution in [0.5, 0.6) is 0 Å². The molecular formula is C22H31N3O2. The average Bonchev–Trinajstić information content (AvgIpc) is 3.41. The van der Waals surface area contributed by atoms with E-state index in [1.165, 1.54) is 31.4 Å². The number of rotatable bonds is 5. The third kappa shape index (κ3) is 3.14. The first-order valence-electron chi connectivity index (χ1n) is 10.8. The van der Waals surface area contributed by atoms with Gasteiger partial charge in [0.25, 0.3) is 0 Å². The van der Waals surface area contributed by atoms with Gasteiger partial charge in [-0.05, 0) is 50.7 Å². The number of hydrogen-bond donors (Lipinski definition) is 1. The highest BCUT2D eigenvalue weighted by Crippen LogP contribution is 2.55. The minimum atomic E-state index is 0.00267. The maximum atomic E-state index is 12.4. The van der Waals surface area contributed by atoms with E-state index in [2.05, 4.69) is 27.3 Å². The lowest BCUT2D eigenvalue weighted by Gasteiger charge is -2.29. The summed E-state index contributed by atoms with van der Waals surface area (Å²) >= 11 is 0. The molecule has 1 spiro atoms. The minimum Gasteiger partial charge on any atom is -0.369 e. The lowest BCUT2D eigenvalue weighted by atomic mass is 9.73. The second-order valence-corrected chi connectivity index (χ2v) is 9.22. The average molecular weight is 370 g/mol. The van der Waals surface area contributed by atoms with Gasteiger partial charge in [0.1, 0.15) is 0 Å². The molecule has 1 aromatic heterocycles. The first-order chi connectivity index (χ1) is 13.1. The van der Waals surface area contributed by atoms with Crippen molar-refractivity contribution in [1.82, 2.24) is 10.3 Å². The largest absolute Gasteiger partial charge is 0.369 e. The molecule has 4 aliphatic rings. The summed E-state index contributed by atoms with van der Waals surface area (Å²) in [5.74, 6) is 1.85. The quantitative estimate of drug-likeness (QED) is 0.867. The van der Waals surface area contributed by atoms with Crippen molar-refractivity contribution in [3.63, 3.8) is 0 Å². The van der Waals surface area contributed by atoms with Crippen molar-refractivity contribution in [3.05, 3.63) is 24.0 Å². The zero-order valence-corrected chi connectivity index (χ0v) is 16.3. The van der Waals surface area contributed by atoms with Crippen LogP contribution in [0.4, 0.5) is 5.69 Å². The molecule has 3 aliphatic heterocycles. The van der Waals surface area contributed by atoms with Crippen molar-refractivity contribution in [2.24, 2.45) is 17.8 Å². The molecule has 2 bridgehead atoms. The van der Waals surface area contributed by atoms with Crippen molar-refractivity contribution in [1.29, 1.82) is 0 Å². The lowest BCUT2D eigenvalue weighted by molar-refractivity contribution is -0.122. The van der Waals surface area contributed by atoms with Crippen LogP contribution >= 0.6 is 0 Å². The predicted molar refractivity (Wildman–Crippen MR) is 105 cm³/mol. The summed E-state index contributed by atoms with van der Waals surface area (Å²) in [6, 6.07) is 4.28. The predicted octanol–water partition coefficient (Wildman–Crippen LogP) is 3.07. The van der Waals surface area contributed by atoms with E-state index in [9.17, 15) is 4.79 Å². The Morgan fingerprint density at radius 3 is 3.04 bits per heavy atom. The highest BCUT2D eigenvalue weighted by molar-refractivity contribution is 5.76. The molecule has 3 saturated heterocycles. The Morgan fingerprint density at radius 2 is 2.22 bits per heavy atom. The Balaban J connectivity index is 1.23. The summed E-state index contributed by atoms with van der Waals surface area (Å²) in [6.45, 7) is 4.84. The molecule has 146 valence electrons. The molecule has 1 aromatic rings. The molecule has 4 fully saturated rings. The van der Waals surface area contributed by atoms with Gasteiger partial charge in [0.2, 0.25) is 5.91 Å². The van der Waals surface area contributed by atoms with E-state index >= 15 is 0 Å². The van der Waals surface area contributed by atoms with Gasteiger partial charge in [0.15, 0.2) is 0 Å². The maximum absolute atomic E-state index is 12.4. The van der Waals surface area contributed by atoms with Crippen LogP contribution in [0, 0.1) is 24.7 Å². The summed E-state index contributed by atoms with van der Waals surface area (Å²) < 4.78 is 6.54. The van der Waals surface area contributed by atoms with Crippen LogP contribution in [0.2, 0.25) is 0 Å². The smallest absolute Gasteiger partial charge is 0.220 e. The van der Waals surface area contributed by atoms with Crippen LogP contribution in [0.15, 0.2) is 18.3 Å². The molecule has 4 heterocycles. The number of nitrogens with zero attached hydrogens (tertiary/aromatic N) is 2. The SMILES string of the molecule is Cc1cc(N2C[C@@H]3[C@H](CNC(=O)CC4CCCC4)[C@H]4CC[C@]3(C2)O4)ccn1. The Bertz CT molecular complexity index is 717. The molecule has 1 aliphatic carbocycles. The Labute approximate surface area is 161 Å². The molecule has 4 atom stereocenters. The van der Waals surface area contributed by atoms with Gasteiger partial charge in [-0.2, -0.15) is 0 Å². The van der Waals surface area contributed by atoms with Crippen LogP contribution in [-0.4, -0.2) is 42.2 Å². The van der Waals surface area contributed by atoms with Crippen LogP contribution < -0.4 is 10.2 Å². The number of carbonyl (C=O) groups excluding carboxylic acids is 1. The van der Waals surface area contributed by atoms with Gasteiger partial charge in [0.05, 0.1) is 11.7 Å². The number of pyridine rings is 1. The van der Waals surface area contributed by atoms with Gasteiger partial charge in [-0.3, -0.25) is 9.78 Å². The van der Waals surface area contributed by atoms with Crippen molar-refractivity contribution in [3.8, 4) is 0 Å². The fourth-order valence-corrected chi connectivity index (χ4v) is 6.17. The van der Waals surface area contributed by atoms with E-state index in [-0.39, 0.29) is 11.5 Å². The van der Waals surface area contributed by atoms with E-state index in [0.29, 0.717) is 23.9 Å². The highest BCUT2D eigenvalue weighted by Gasteiger charge is 2.62. The van der Waals surface area contributed by atoms with Gasteiger partial charge in [-0.25, -0.2) is 0 Å². The fraction of sp³-hybridized carbons (Fsp3) is 0.727. The van der Waals surface area contributed by atoms with E-state index in [0.717, 1.165) is 44.6 Å². The van der Waals surface area contributed by atoms with Gasteiger partial charge < -0.3 is 15.0 Å². The number of nitrogens with one attached hydrogen (secondary N) is 1. The molecule has 5 nitrogen and oxygen atoms in total. The molecule has 1 amide bonds. The van der Waals surface area contributed by atoms with Crippen LogP contribution in [0.3, 0.4) is 0 Å². The number of amides is 1. The zero-order valence-electron chi connectivity index (χ0n) is 16.3. The minimum absolute atomic E-state index is 0.00267. The topological polar surface area (TPSA) is 54.5 Å². The first-order valence-corrected chi connectivity index (χ1v) is 10.8. The van der Waals surface area contributed by atoms with Gasteiger partial charge in [0, 0.05) is 55.5 Å². The molecule has 0 aromatic carbocycles. The normalized spacial score (nSPS) is 35.0. The van der Waals surface area contributed by atoms with Crippen molar-refractivity contribution < 1.29 is 9.53 Å². The van der Waals surface area contributed by atoms with Crippen LogP contribution in [-0.2, 0) is 9.53 Å². The number of aromatic nitrogens is 1. The Hall–Kier alpha value is -1.62. The van der Waals surface area contributed by atoms with Crippen molar-refractivity contribution in [2.45, 2.75) is 63.6 Å². The molecule has 0 radical (unpaired) electrons. The molecule has 5 rings (SSSR count). The molecule has 5 heteroatoms. The second-order valence-electron chi connectivity index (χ2n) is 9.22. The number of fused-ring (bicyclic) bond motifs is 1. The lowest BCUT2D eigenvalue weighted by Crippen LogP contribution is -2.42. The molecule has 27 heavy (non-hydrogen) atoms. The Morgan fingerprint density at radius 1 is 1.37 bits per heavy atom. The van der Waals surface area contributed by atoms with E-state index in [1.54, 1.807) is 0 Å². The van der Waals surface area contributed by atoms with E-state index in [1.807, 2.05) is 13.1 Å². The summed E-state index contributed by atoms with van der Waals surface area (Å²) in [5, 5.41) is 3.26. The number of anilines is 1. The number of carbonyl (C=O) groups is 1. The van der Waals surface area contributed by atoms with Gasteiger partial charge in [-0.1, -0.05) is 12.8 Å². The summed E-state index contributed by atoms with van der Waals surface area (Å²) in [5.41, 5.74) is 2.31. The second kappa shape index (κ2) is 6.77. The fourth-order valence-electron chi connectivity index (χ4n) is 6.17. The van der Waals surface area contributed by atoms with Crippen molar-refractivity contribution in [2.75, 3.05) is 24.5 Å². The summed E-state index contributed by atoms with van der Waals surface area (Å²) in [6.07, 6.45) is 10.3. The third-order valence-corrected chi connectivity index (χ3v) is 7.51. The maximum Gasteiger partial charge on any atom is 0.220 e. The zero-order chi connectivity index (χ0) is 18.4. The monoisotopic (exact) mass is 369 g/mol. The van der Waals surface area contributed by atoms with Gasteiger partial charge >= 0.3 is 0 Å². The standard InChI is InChI=1S/C22H31N3O2/c1-15-10-17(7-9-23-15)25-13-19-18(20-6-8-22(19,14-25)27-20)12-24-21(26)11-16-4-2-3-5-16/h7,9-10,16,18-20H,2-6,8,11-14H2,1H3,(H,24,26)/t18-,19+,20+,22+/m0/s1. The number of hydrogen-bond acceptors (Lipinski definition) is 4. The Kier molecular flexibility index (Phi) is 4.38. The van der Waals surface area contributed by atoms with E-state index < -0.39 is 0 Å². The molecule has 1 saturated carbocycles.